The van der Waals surface area contributed by atoms with Crippen LogP contribution in [0.5, 0.6) is 0 Å². The maximum atomic E-state index is 12.8. The molecule has 3 aromatic carbocycles. The average Bonchev–Trinajstić information content (AvgIpc) is 3.29. The number of anilines is 1. The Bertz CT molecular complexity index is 1580. The summed E-state index contributed by atoms with van der Waals surface area (Å²) in [6.45, 7) is 6.66. The fraction of sp³-hybridized carbons (Fsp3) is 0.241. The number of fused-ring (bicyclic) bond motifs is 1. The Hall–Kier alpha value is -4.11. The van der Waals surface area contributed by atoms with E-state index in [1.54, 1.807) is 49.4 Å². The summed E-state index contributed by atoms with van der Waals surface area (Å²) in [5.74, 6) is -0.389. The van der Waals surface area contributed by atoms with E-state index in [9.17, 15) is 18.0 Å². The van der Waals surface area contributed by atoms with Crippen LogP contribution in [0.2, 0.25) is 0 Å². The Morgan fingerprint density at radius 3 is 2.55 bits per heavy atom. The molecular formula is C29H31N3O5S. The van der Waals surface area contributed by atoms with Gasteiger partial charge in [0.2, 0.25) is 0 Å². The van der Waals surface area contributed by atoms with E-state index in [4.69, 9.17) is 4.74 Å². The number of sulfonamides is 1. The molecule has 9 heteroatoms. The molecule has 0 aliphatic rings. The molecule has 0 saturated carbocycles. The summed E-state index contributed by atoms with van der Waals surface area (Å²) in [4.78, 5) is 24.9. The zero-order chi connectivity index (χ0) is 27.3. The van der Waals surface area contributed by atoms with Gasteiger partial charge in [-0.05, 0) is 66.4 Å². The lowest BCUT2D eigenvalue weighted by atomic mass is 10.1. The van der Waals surface area contributed by atoms with Gasteiger partial charge < -0.3 is 9.30 Å². The van der Waals surface area contributed by atoms with Crippen LogP contribution in [0.4, 0.5) is 10.5 Å². The zero-order valence-corrected chi connectivity index (χ0v) is 22.4. The number of aromatic nitrogens is 1. The Morgan fingerprint density at radius 2 is 1.79 bits per heavy atom. The molecule has 1 unspecified atom stereocenters. The highest BCUT2D eigenvalue weighted by atomic mass is 32.2. The van der Waals surface area contributed by atoms with Gasteiger partial charge in [0.15, 0.2) is 0 Å². The van der Waals surface area contributed by atoms with Crippen LogP contribution >= 0.6 is 0 Å². The largest absolute Gasteiger partial charge is 0.449 e. The predicted molar refractivity (Wildman–Crippen MR) is 148 cm³/mol. The fourth-order valence-corrected chi connectivity index (χ4v) is 5.23. The second-order valence-corrected chi connectivity index (χ2v) is 11.0. The molecule has 0 bridgehead atoms. The Balaban J connectivity index is 1.45. The van der Waals surface area contributed by atoms with Gasteiger partial charge in [-0.2, -0.15) is 0 Å². The number of hydrogen-bond donors (Lipinski definition) is 2. The molecule has 0 fully saturated rings. The number of aryl methyl sites for hydroxylation is 1. The third-order valence-corrected chi connectivity index (χ3v) is 7.86. The van der Waals surface area contributed by atoms with Crippen molar-refractivity contribution in [1.29, 1.82) is 0 Å². The number of ether oxygens (including phenoxy) is 1. The number of benzene rings is 3. The van der Waals surface area contributed by atoms with Crippen LogP contribution in [-0.4, -0.2) is 31.6 Å². The van der Waals surface area contributed by atoms with Gasteiger partial charge in [0.1, 0.15) is 0 Å². The average molecular weight is 534 g/mol. The minimum Gasteiger partial charge on any atom is -0.449 e. The van der Waals surface area contributed by atoms with E-state index in [2.05, 4.69) is 10.0 Å². The lowest BCUT2D eigenvalue weighted by Crippen LogP contribution is -2.31. The van der Waals surface area contributed by atoms with Crippen molar-refractivity contribution in [3.8, 4) is 0 Å². The number of nitrogens with one attached hydrogen (secondary N) is 2. The molecule has 2 N–H and O–H groups in total. The number of carbonyl (C=O) groups is 2. The molecule has 0 radical (unpaired) electrons. The van der Waals surface area contributed by atoms with E-state index in [1.165, 1.54) is 6.07 Å². The second-order valence-electron chi connectivity index (χ2n) is 9.35. The van der Waals surface area contributed by atoms with Crippen LogP contribution in [-0.2, 0) is 21.3 Å². The summed E-state index contributed by atoms with van der Waals surface area (Å²) in [5, 5.41) is 3.57. The van der Waals surface area contributed by atoms with Crippen molar-refractivity contribution in [3.63, 3.8) is 0 Å². The molecule has 4 aromatic rings. The second kappa shape index (κ2) is 11.5. The van der Waals surface area contributed by atoms with E-state index in [0.717, 1.165) is 22.9 Å². The monoisotopic (exact) mass is 533 g/mol. The van der Waals surface area contributed by atoms with Crippen LogP contribution in [0, 0.1) is 12.8 Å². The van der Waals surface area contributed by atoms with E-state index in [-0.39, 0.29) is 10.5 Å². The van der Waals surface area contributed by atoms with E-state index in [1.807, 2.05) is 48.9 Å². The number of hydrogen-bond acceptors (Lipinski definition) is 5. The van der Waals surface area contributed by atoms with Crippen LogP contribution in [0.1, 0.15) is 41.8 Å². The third-order valence-electron chi connectivity index (χ3n) is 6.37. The highest BCUT2D eigenvalue weighted by Gasteiger charge is 2.20. The first kappa shape index (κ1) is 26.9. The first-order valence-corrected chi connectivity index (χ1v) is 13.9. The molecule has 1 heterocycles. The molecule has 0 spiro atoms. The number of carbonyl (C=O) groups excluding carboxylic acids is 2. The van der Waals surface area contributed by atoms with Gasteiger partial charge >= 0.3 is 6.09 Å². The fourth-order valence-electron chi connectivity index (χ4n) is 4.01. The molecule has 198 valence electrons. The SMILES string of the molecule is CCC(C)COC(=O)Nc1cccc(Cn2ccc3cc(C(=O)NS(=O)(=O)c4ccccc4C)ccc32)c1. The molecule has 0 aliphatic heterocycles. The lowest BCUT2D eigenvalue weighted by Gasteiger charge is -2.12. The Labute approximate surface area is 222 Å². The molecule has 0 saturated heterocycles. The quantitative estimate of drug-likeness (QED) is 0.287. The highest BCUT2D eigenvalue weighted by molar-refractivity contribution is 7.90. The summed E-state index contributed by atoms with van der Waals surface area (Å²) in [7, 11) is -3.99. The van der Waals surface area contributed by atoms with Crippen molar-refractivity contribution >= 4 is 38.6 Å². The molecule has 4 rings (SSSR count). The van der Waals surface area contributed by atoms with Crippen molar-refractivity contribution < 1.29 is 22.7 Å². The first-order valence-electron chi connectivity index (χ1n) is 12.4. The van der Waals surface area contributed by atoms with Crippen LogP contribution in [0.3, 0.4) is 0 Å². The highest BCUT2D eigenvalue weighted by Crippen LogP contribution is 2.21. The standard InChI is InChI=1S/C29H31N3O5S/c1-4-20(2)19-37-29(34)30-25-10-7-9-22(16-25)18-32-15-14-23-17-24(12-13-26(23)32)28(33)31-38(35,36)27-11-6-5-8-21(27)3/h5-17,20H,4,18-19H2,1-3H3,(H,30,34)(H,31,33). The van der Waals surface area contributed by atoms with Crippen molar-refractivity contribution in [2.45, 2.75) is 38.6 Å². The summed E-state index contributed by atoms with van der Waals surface area (Å²) >= 11 is 0. The molecule has 0 aliphatic carbocycles. The molecule has 1 aromatic heterocycles. The summed E-state index contributed by atoms with van der Waals surface area (Å²) < 4.78 is 34.9. The number of nitrogens with zero attached hydrogens (tertiary/aromatic N) is 1. The number of amides is 2. The molecule has 8 nitrogen and oxygen atoms in total. The summed E-state index contributed by atoms with van der Waals surface area (Å²) in [5.41, 5.74) is 3.29. The van der Waals surface area contributed by atoms with E-state index < -0.39 is 22.0 Å². The van der Waals surface area contributed by atoms with Gasteiger partial charge in [0.05, 0.1) is 11.5 Å². The van der Waals surface area contributed by atoms with Gasteiger partial charge in [-0.15, -0.1) is 0 Å². The maximum absolute atomic E-state index is 12.8. The first-order chi connectivity index (χ1) is 18.2. The van der Waals surface area contributed by atoms with Gasteiger partial charge in [-0.3, -0.25) is 10.1 Å². The molecule has 2 amide bonds. The molecule has 1 atom stereocenters. The van der Waals surface area contributed by atoms with Crippen LogP contribution < -0.4 is 10.0 Å². The Kier molecular flexibility index (Phi) is 8.16. The van der Waals surface area contributed by atoms with Gasteiger partial charge in [-0.25, -0.2) is 17.9 Å². The summed E-state index contributed by atoms with van der Waals surface area (Å²) in [6.07, 6.45) is 2.35. The van der Waals surface area contributed by atoms with E-state index >= 15 is 0 Å². The minimum absolute atomic E-state index is 0.0704. The van der Waals surface area contributed by atoms with Gasteiger partial charge in [-0.1, -0.05) is 50.6 Å². The van der Waals surface area contributed by atoms with Crippen LogP contribution in [0.25, 0.3) is 10.9 Å². The third kappa shape index (κ3) is 6.41. The minimum atomic E-state index is -3.99. The van der Waals surface area contributed by atoms with Crippen LogP contribution in [0.15, 0.2) is 83.9 Å². The van der Waals surface area contributed by atoms with Crippen molar-refractivity contribution in [2.24, 2.45) is 5.92 Å². The normalized spacial score (nSPS) is 12.2. The Morgan fingerprint density at radius 1 is 1.00 bits per heavy atom. The summed E-state index contributed by atoms with van der Waals surface area (Å²) in [6, 6.07) is 20.9. The zero-order valence-electron chi connectivity index (χ0n) is 21.6. The van der Waals surface area contributed by atoms with Crippen molar-refractivity contribution in [2.75, 3.05) is 11.9 Å². The number of rotatable bonds is 9. The smallest absolute Gasteiger partial charge is 0.411 e. The van der Waals surface area contributed by atoms with Gasteiger partial charge in [0.25, 0.3) is 15.9 Å². The molecule has 38 heavy (non-hydrogen) atoms. The van der Waals surface area contributed by atoms with Crippen molar-refractivity contribution in [3.05, 3.63) is 95.7 Å². The topological polar surface area (TPSA) is 106 Å². The lowest BCUT2D eigenvalue weighted by molar-refractivity contribution is 0.0981. The maximum Gasteiger partial charge on any atom is 0.411 e. The van der Waals surface area contributed by atoms with E-state index in [0.29, 0.717) is 30.3 Å². The predicted octanol–water partition coefficient (Wildman–Crippen LogP) is 5.71. The van der Waals surface area contributed by atoms with Crippen molar-refractivity contribution in [1.82, 2.24) is 9.29 Å². The van der Waals surface area contributed by atoms with Gasteiger partial charge in [0, 0.05) is 34.9 Å². The molecular weight excluding hydrogens is 502 g/mol.